The van der Waals surface area contributed by atoms with Gasteiger partial charge in [-0.15, -0.1) is 0 Å². The summed E-state index contributed by atoms with van der Waals surface area (Å²) in [7, 11) is 0. The molecule has 1 saturated heterocycles. The lowest BCUT2D eigenvalue weighted by molar-refractivity contribution is 0.0639. The van der Waals surface area contributed by atoms with E-state index in [1.807, 2.05) is 0 Å². The monoisotopic (exact) mass is 268 g/mol. The van der Waals surface area contributed by atoms with Crippen LogP contribution < -0.4 is 10.6 Å². The van der Waals surface area contributed by atoms with E-state index in [1.165, 1.54) is 0 Å². The molecule has 2 rings (SSSR count). The molecule has 2 heterocycles. The van der Waals surface area contributed by atoms with Gasteiger partial charge in [-0.25, -0.2) is 4.98 Å². The molecular weight excluding hydrogens is 252 g/mol. The van der Waals surface area contributed by atoms with Gasteiger partial charge in [0.25, 0.3) is 0 Å². The Morgan fingerprint density at radius 2 is 2.33 bits per heavy atom. The summed E-state index contributed by atoms with van der Waals surface area (Å²) in [5, 5.41) is 7.94. The summed E-state index contributed by atoms with van der Waals surface area (Å²) < 4.78 is 5.47. The molecule has 98 valence electrons. The van der Waals surface area contributed by atoms with Gasteiger partial charge in [-0.1, -0.05) is 11.6 Å². The number of pyridine rings is 1. The largest absolute Gasteiger partial charge is 0.384 e. The SMILES string of the molecule is CC1(C)COCCN1c1nccc(C(=N)N)c1Cl. The number of rotatable bonds is 2. The molecule has 6 heteroatoms. The maximum atomic E-state index is 7.51. The van der Waals surface area contributed by atoms with Gasteiger partial charge in [-0.3, -0.25) is 5.41 Å². The number of ether oxygens (including phenoxy) is 1. The Kier molecular flexibility index (Phi) is 3.45. The van der Waals surface area contributed by atoms with Gasteiger partial charge in [-0.05, 0) is 19.9 Å². The Balaban J connectivity index is 2.44. The third-order valence-electron chi connectivity index (χ3n) is 3.06. The maximum absolute atomic E-state index is 7.51. The molecule has 18 heavy (non-hydrogen) atoms. The van der Waals surface area contributed by atoms with Crippen LogP contribution in [0.4, 0.5) is 5.82 Å². The van der Waals surface area contributed by atoms with Crippen LogP contribution >= 0.6 is 11.6 Å². The number of nitrogens with two attached hydrogens (primary N) is 1. The summed E-state index contributed by atoms with van der Waals surface area (Å²) in [5.74, 6) is 0.618. The molecule has 0 radical (unpaired) electrons. The van der Waals surface area contributed by atoms with E-state index in [1.54, 1.807) is 12.3 Å². The summed E-state index contributed by atoms with van der Waals surface area (Å²) in [6, 6.07) is 1.65. The van der Waals surface area contributed by atoms with Crippen molar-refractivity contribution in [3.05, 3.63) is 22.8 Å². The van der Waals surface area contributed by atoms with Crippen molar-refractivity contribution in [1.29, 1.82) is 5.41 Å². The standard InChI is InChI=1S/C12H17ClN4O/c1-12(2)7-18-6-5-17(12)11-9(13)8(10(14)15)3-4-16-11/h3-4H,5-7H2,1-2H3,(H3,14,15). The molecule has 1 aliphatic rings. The molecular formula is C12H17ClN4O. The van der Waals surface area contributed by atoms with Crippen LogP contribution in [0, 0.1) is 5.41 Å². The average Bonchev–Trinajstić information content (AvgIpc) is 2.29. The van der Waals surface area contributed by atoms with Crippen LogP contribution in [0.25, 0.3) is 0 Å². The van der Waals surface area contributed by atoms with Crippen LogP contribution in [0.1, 0.15) is 19.4 Å². The van der Waals surface area contributed by atoms with Crippen LogP contribution in [0.2, 0.25) is 5.02 Å². The Bertz CT molecular complexity index is 475. The van der Waals surface area contributed by atoms with Gasteiger partial charge in [0, 0.05) is 18.3 Å². The molecule has 0 saturated carbocycles. The number of halogens is 1. The van der Waals surface area contributed by atoms with Crippen molar-refractivity contribution >= 4 is 23.3 Å². The second kappa shape index (κ2) is 4.74. The van der Waals surface area contributed by atoms with Gasteiger partial charge in [0.15, 0.2) is 0 Å². The zero-order valence-electron chi connectivity index (χ0n) is 10.5. The van der Waals surface area contributed by atoms with Gasteiger partial charge in [-0.2, -0.15) is 0 Å². The third kappa shape index (κ3) is 2.28. The summed E-state index contributed by atoms with van der Waals surface area (Å²) in [6.07, 6.45) is 1.63. The first-order valence-corrected chi connectivity index (χ1v) is 6.15. The van der Waals surface area contributed by atoms with Crippen molar-refractivity contribution in [1.82, 2.24) is 4.98 Å². The van der Waals surface area contributed by atoms with E-state index in [2.05, 4.69) is 23.7 Å². The number of nitrogen functional groups attached to an aromatic ring is 1. The number of hydrogen-bond acceptors (Lipinski definition) is 4. The summed E-state index contributed by atoms with van der Waals surface area (Å²) in [6.45, 7) is 6.14. The predicted molar refractivity (Wildman–Crippen MR) is 72.5 cm³/mol. The van der Waals surface area contributed by atoms with Crippen LogP contribution in [0.3, 0.4) is 0 Å². The summed E-state index contributed by atoms with van der Waals surface area (Å²) in [4.78, 5) is 6.43. The fourth-order valence-corrected chi connectivity index (χ4v) is 2.40. The minimum Gasteiger partial charge on any atom is -0.384 e. The minimum atomic E-state index is -0.176. The van der Waals surface area contributed by atoms with Crippen molar-refractivity contribution in [2.24, 2.45) is 5.73 Å². The Labute approximate surface area is 111 Å². The molecule has 0 aromatic carbocycles. The molecule has 3 N–H and O–H groups in total. The lowest BCUT2D eigenvalue weighted by atomic mass is 10.0. The van der Waals surface area contributed by atoms with E-state index in [0.29, 0.717) is 29.6 Å². The van der Waals surface area contributed by atoms with E-state index in [-0.39, 0.29) is 11.4 Å². The second-order valence-electron chi connectivity index (χ2n) is 4.93. The number of nitrogens with one attached hydrogen (secondary N) is 1. The highest BCUT2D eigenvalue weighted by molar-refractivity contribution is 6.36. The molecule has 1 aromatic heterocycles. The zero-order valence-corrected chi connectivity index (χ0v) is 11.3. The van der Waals surface area contributed by atoms with E-state index < -0.39 is 0 Å². The first-order valence-electron chi connectivity index (χ1n) is 5.78. The molecule has 1 aliphatic heterocycles. The average molecular weight is 269 g/mol. The molecule has 0 spiro atoms. The summed E-state index contributed by atoms with van der Waals surface area (Å²) in [5.41, 5.74) is 5.85. The van der Waals surface area contributed by atoms with Gasteiger partial charge in [0.1, 0.15) is 11.7 Å². The van der Waals surface area contributed by atoms with Crippen molar-refractivity contribution in [3.63, 3.8) is 0 Å². The number of anilines is 1. The smallest absolute Gasteiger partial charge is 0.148 e. The van der Waals surface area contributed by atoms with E-state index in [9.17, 15) is 0 Å². The first kappa shape index (κ1) is 13.1. The van der Waals surface area contributed by atoms with Crippen molar-refractivity contribution < 1.29 is 4.74 Å². The fraction of sp³-hybridized carbons (Fsp3) is 0.500. The predicted octanol–water partition coefficient (Wildman–Crippen LogP) is 1.63. The maximum Gasteiger partial charge on any atom is 0.148 e. The van der Waals surface area contributed by atoms with Crippen LogP contribution in [0.5, 0.6) is 0 Å². The Morgan fingerprint density at radius 1 is 1.61 bits per heavy atom. The van der Waals surface area contributed by atoms with Gasteiger partial charge >= 0.3 is 0 Å². The highest BCUT2D eigenvalue weighted by Crippen LogP contribution is 2.32. The number of hydrogen-bond donors (Lipinski definition) is 2. The fourth-order valence-electron chi connectivity index (χ4n) is 2.08. The molecule has 0 unspecified atom stereocenters. The molecule has 0 bridgehead atoms. The number of nitrogens with zero attached hydrogens (tertiary/aromatic N) is 2. The molecule has 5 nitrogen and oxygen atoms in total. The normalized spacial score (nSPS) is 18.7. The molecule has 1 fully saturated rings. The van der Waals surface area contributed by atoms with Crippen molar-refractivity contribution in [2.45, 2.75) is 19.4 Å². The summed E-state index contributed by atoms with van der Waals surface area (Å²) >= 11 is 6.30. The quantitative estimate of drug-likeness (QED) is 0.632. The molecule has 0 amide bonds. The number of morpholine rings is 1. The number of aromatic nitrogens is 1. The van der Waals surface area contributed by atoms with Crippen LogP contribution in [0.15, 0.2) is 12.3 Å². The molecule has 1 aromatic rings. The third-order valence-corrected chi connectivity index (χ3v) is 3.43. The molecule has 0 aliphatic carbocycles. The Morgan fingerprint density at radius 3 is 2.94 bits per heavy atom. The van der Waals surface area contributed by atoms with Crippen molar-refractivity contribution in [3.8, 4) is 0 Å². The topological polar surface area (TPSA) is 75.2 Å². The minimum absolute atomic E-state index is 0.0466. The van der Waals surface area contributed by atoms with E-state index in [0.717, 1.165) is 6.54 Å². The zero-order chi connectivity index (χ0) is 13.3. The highest BCUT2D eigenvalue weighted by atomic mass is 35.5. The van der Waals surface area contributed by atoms with Crippen molar-refractivity contribution in [2.75, 3.05) is 24.7 Å². The van der Waals surface area contributed by atoms with Gasteiger partial charge < -0.3 is 15.4 Å². The van der Waals surface area contributed by atoms with E-state index >= 15 is 0 Å². The second-order valence-corrected chi connectivity index (χ2v) is 5.30. The van der Waals surface area contributed by atoms with Crippen LogP contribution in [-0.2, 0) is 4.74 Å². The lowest BCUT2D eigenvalue weighted by Gasteiger charge is -2.43. The first-order chi connectivity index (χ1) is 8.43. The van der Waals surface area contributed by atoms with Gasteiger partial charge in [0.2, 0.25) is 0 Å². The van der Waals surface area contributed by atoms with E-state index in [4.69, 9.17) is 27.5 Å². The highest BCUT2D eigenvalue weighted by Gasteiger charge is 2.33. The Hall–Kier alpha value is -1.33. The lowest BCUT2D eigenvalue weighted by Crippen LogP contribution is -2.53. The number of amidine groups is 1. The molecule has 0 atom stereocenters. The van der Waals surface area contributed by atoms with Crippen LogP contribution in [-0.4, -0.2) is 36.1 Å². The van der Waals surface area contributed by atoms with Gasteiger partial charge in [0.05, 0.1) is 23.8 Å².